The van der Waals surface area contributed by atoms with Crippen molar-refractivity contribution in [3.05, 3.63) is 70.3 Å². The van der Waals surface area contributed by atoms with Crippen molar-refractivity contribution in [2.45, 2.75) is 24.8 Å². The number of nitro groups is 1. The highest BCUT2D eigenvalue weighted by Gasteiger charge is 2.39. The van der Waals surface area contributed by atoms with Crippen molar-refractivity contribution in [2.24, 2.45) is 0 Å². The zero-order valence-corrected chi connectivity index (χ0v) is 14.4. The van der Waals surface area contributed by atoms with Gasteiger partial charge in [0, 0.05) is 29.9 Å². The van der Waals surface area contributed by atoms with Gasteiger partial charge in [-0.15, -0.1) is 0 Å². The minimum absolute atomic E-state index is 0.102. The molecule has 2 atom stereocenters. The third-order valence-corrected chi connectivity index (χ3v) is 4.34. The molecule has 0 bridgehead atoms. The van der Waals surface area contributed by atoms with Crippen LogP contribution in [0.1, 0.15) is 23.6 Å². The first-order valence-corrected chi connectivity index (χ1v) is 8.45. The molecule has 0 radical (unpaired) electrons. The van der Waals surface area contributed by atoms with Gasteiger partial charge in [0.2, 0.25) is 12.5 Å². The Kier molecular flexibility index (Phi) is 5.70. The van der Waals surface area contributed by atoms with Gasteiger partial charge in [-0.2, -0.15) is 0 Å². The zero-order chi connectivity index (χ0) is 19.2. The van der Waals surface area contributed by atoms with Crippen LogP contribution in [0.3, 0.4) is 0 Å². The van der Waals surface area contributed by atoms with Crippen LogP contribution >= 0.6 is 0 Å². The summed E-state index contributed by atoms with van der Waals surface area (Å²) in [6.07, 6.45) is 3.77. The van der Waals surface area contributed by atoms with E-state index in [-0.39, 0.29) is 13.0 Å². The number of imide groups is 1. The van der Waals surface area contributed by atoms with Crippen LogP contribution < -0.4 is 0 Å². The number of carbonyl (C=O) groups is 2. The molecule has 0 N–H and O–H groups in total. The smallest absolute Gasteiger partial charge is 0.416 e. The molecule has 3 rings (SSSR count). The number of hydrogen-bond donors (Lipinski definition) is 0. The predicted octanol–water partition coefficient (Wildman–Crippen LogP) is 1.82. The zero-order valence-electron chi connectivity index (χ0n) is 14.4. The van der Waals surface area contributed by atoms with Crippen LogP contribution in [0.25, 0.3) is 0 Å². The van der Waals surface area contributed by atoms with Crippen molar-refractivity contribution in [2.75, 3.05) is 13.2 Å². The van der Waals surface area contributed by atoms with E-state index in [9.17, 15) is 19.7 Å². The minimum Gasteiger partial charge on any atom is -0.447 e. The normalized spacial score (nSPS) is 17.4. The van der Waals surface area contributed by atoms with E-state index in [0.717, 1.165) is 10.5 Å². The Balaban J connectivity index is 1.75. The summed E-state index contributed by atoms with van der Waals surface area (Å²) >= 11 is 0. The molecule has 2 amide bonds. The van der Waals surface area contributed by atoms with E-state index in [1.807, 2.05) is 30.3 Å². The summed E-state index contributed by atoms with van der Waals surface area (Å²) in [5.41, 5.74) is 1.31. The lowest BCUT2D eigenvalue weighted by Crippen LogP contribution is -2.41. The molecule has 2 heterocycles. The van der Waals surface area contributed by atoms with Crippen LogP contribution in [0.4, 0.5) is 4.79 Å². The van der Waals surface area contributed by atoms with Gasteiger partial charge in [-0.1, -0.05) is 30.3 Å². The number of cyclic esters (lactones) is 1. The lowest BCUT2D eigenvalue weighted by Gasteiger charge is -2.21. The molecule has 0 unspecified atom stereocenters. The first-order valence-electron chi connectivity index (χ1n) is 8.45. The lowest BCUT2D eigenvalue weighted by atomic mass is 9.99. The Labute approximate surface area is 155 Å². The monoisotopic (exact) mass is 370 g/mol. The van der Waals surface area contributed by atoms with Gasteiger partial charge >= 0.3 is 6.09 Å². The molecule has 1 aromatic heterocycles. The number of benzene rings is 1. The van der Waals surface area contributed by atoms with Crippen molar-refractivity contribution in [1.29, 1.82) is 0 Å². The number of hydrogen-bond acceptors (Lipinski definition) is 7. The Hall–Kier alpha value is -3.36. The topological polar surface area (TPSA) is 116 Å². The molecule has 1 aliphatic rings. The van der Waals surface area contributed by atoms with Crippen LogP contribution in [-0.4, -0.2) is 51.0 Å². The largest absolute Gasteiger partial charge is 0.447 e. The van der Waals surface area contributed by atoms with E-state index < -0.39 is 35.4 Å². The van der Waals surface area contributed by atoms with E-state index in [1.165, 1.54) is 18.6 Å². The molecule has 140 valence electrons. The van der Waals surface area contributed by atoms with Crippen LogP contribution in [0.5, 0.6) is 0 Å². The SMILES string of the molecule is O=C(C[C@H](C[N+](=O)[O-])c1cnccn1)N1C(=O)OC[C@H]1Cc1ccccc1. The molecule has 1 aliphatic heterocycles. The fraction of sp³-hybridized carbons (Fsp3) is 0.333. The average molecular weight is 370 g/mol. The highest BCUT2D eigenvalue weighted by atomic mass is 16.6. The summed E-state index contributed by atoms with van der Waals surface area (Å²) in [6.45, 7) is -0.374. The number of carbonyl (C=O) groups excluding carboxylic acids is 2. The van der Waals surface area contributed by atoms with E-state index in [0.29, 0.717) is 12.1 Å². The van der Waals surface area contributed by atoms with Gasteiger partial charge in [0.15, 0.2) is 0 Å². The molecule has 0 aliphatic carbocycles. The van der Waals surface area contributed by atoms with E-state index in [4.69, 9.17) is 4.74 Å². The number of amides is 2. The van der Waals surface area contributed by atoms with Gasteiger partial charge in [0.1, 0.15) is 6.61 Å². The highest BCUT2D eigenvalue weighted by Crippen LogP contribution is 2.23. The fourth-order valence-electron chi connectivity index (χ4n) is 3.08. The summed E-state index contributed by atoms with van der Waals surface area (Å²) < 4.78 is 5.04. The van der Waals surface area contributed by atoms with Crippen LogP contribution in [0.2, 0.25) is 0 Å². The second-order valence-corrected chi connectivity index (χ2v) is 6.23. The lowest BCUT2D eigenvalue weighted by molar-refractivity contribution is -0.483. The third kappa shape index (κ3) is 4.63. The molecule has 1 fully saturated rings. The van der Waals surface area contributed by atoms with E-state index >= 15 is 0 Å². The Morgan fingerprint density at radius 1 is 1.33 bits per heavy atom. The van der Waals surface area contributed by atoms with Crippen LogP contribution in [-0.2, 0) is 16.0 Å². The van der Waals surface area contributed by atoms with Crippen molar-refractivity contribution >= 4 is 12.0 Å². The Morgan fingerprint density at radius 2 is 2.11 bits per heavy atom. The van der Waals surface area contributed by atoms with Gasteiger partial charge in [-0.25, -0.2) is 9.69 Å². The summed E-state index contributed by atoms with van der Waals surface area (Å²) in [5.74, 6) is -1.29. The maximum absolute atomic E-state index is 12.8. The predicted molar refractivity (Wildman–Crippen MR) is 93.4 cm³/mol. The molecule has 0 spiro atoms. The van der Waals surface area contributed by atoms with Crippen molar-refractivity contribution < 1.29 is 19.2 Å². The van der Waals surface area contributed by atoms with Crippen LogP contribution in [0.15, 0.2) is 48.9 Å². The number of ether oxygens (including phenoxy) is 1. The third-order valence-electron chi connectivity index (χ3n) is 4.34. The molecular weight excluding hydrogens is 352 g/mol. The fourth-order valence-corrected chi connectivity index (χ4v) is 3.08. The summed E-state index contributed by atoms with van der Waals surface area (Å²) in [4.78, 5) is 44.4. The van der Waals surface area contributed by atoms with E-state index in [2.05, 4.69) is 9.97 Å². The number of aromatic nitrogens is 2. The first-order chi connectivity index (χ1) is 13.0. The first kappa shape index (κ1) is 18.4. The van der Waals surface area contributed by atoms with Gasteiger partial charge in [0.05, 0.1) is 17.7 Å². The standard InChI is InChI=1S/C18H18N4O5/c23-17(9-14(11-21(25)26)16-10-19-6-7-20-16)22-15(12-27-18(22)24)8-13-4-2-1-3-5-13/h1-7,10,14-15H,8-9,11-12H2/t14-,15-/m1/s1. The Morgan fingerprint density at radius 3 is 2.78 bits per heavy atom. The average Bonchev–Trinajstić information content (AvgIpc) is 3.02. The van der Waals surface area contributed by atoms with E-state index in [1.54, 1.807) is 0 Å². The second kappa shape index (κ2) is 8.35. The van der Waals surface area contributed by atoms with Gasteiger partial charge in [-0.05, 0) is 12.0 Å². The molecule has 0 saturated carbocycles. The second-order valence-electron chi connectivity index (χ2n) is 6.23. The summed E-state index contributed by atoms with van der Waals surface area (Å²) in [5, 5.41) is 11.0. The molecule has 27 heavy (non-hydrogen) atoms. The summed E-state index contributed by atoms with van der Waals surface area (Å²) in [6, 6.07) is 9.00. The number of rotatable bonds is 7. The van der Waals surface area contributed by atoms with Gasteiger partial charge in [0.25, 0.3) is 0 Å². The minimum atomic E-state index is -0.771. The molecule has 2 aromatic rings. The maximum Gasteiger partial charge on any atom is 0.416 e. The molecule has 9 heteroatoms. The van der Waals surface area contributed by atoms with Crippen LogP contribution in [0, 0.1) is 10.1 Å². The molecule has 1 aromatic carbocycles. The molecule has 1 saturated heterocycles. The van der Waals surface area contributed by atoms with Gasteiger partial charge in [-0.3, -0.25) is 24.9 Å². The highest BCUT2D eigenvalue weighted by molar-refractivity contribution is 5.93. The van der Waals surface area contributed by atoms with Crippen molar-refractivity contribution in [3.63, 3.8) is 0 Å². The van der Waals surface area contributed by atoms with Crippen molar-refractivity contribution in [1.82, 2.24) is 14.9 Å². The molecular formula is C18H18N4O5. The number of nitrogens with zero attached hydrogens (tertiary/aromatic N) is 4. The maximum atomic E-state index is 12.8. The van der Waals surface area contributed by atoms with Crippen molar-refractivity contribution in [3.8, 4) is 0 Å². The Bertz CT molecular complexity index is 815. The molecule has 9 nitrogen and oxygen atoms in total. The quantitative estimate of drug-likeness (QED) is 0.539. The summed E-state index contributed by atoms with van der Waals surface area (Å²) in [7, 11) is 0. The van der Waals surface area contributed by atoms with Gasteiger partial charge < -0.3 is 4.74 Å².